The quantitative estimate of drug-likeness (QED) is 0.813. The van der Waals surface area contributed by atoms with Crippen molar-refractivity contribution in [1.29, 1.82) is 0 Å². The highest BCUT2D eigenvalue weighted by atomic mass is 16.5. The van der Waals surface area contributed by atoms with E-state index < -0.39 is 5.97 Å². The van der Waals surface area contributed by atoms with Crippen molar-refractivity contribution in [3.63, 3.8) is 0 Å². The molecule has 7 heteroatoms. The van der Waals surface area contributed by atoms with Gasteiger partial charge < -0.3 is 15.0 Å². The molecule has 0 aliphatic heterocycles. The fraction of sp³-hybridized carbons (Fsp3) is 0.333. The molecule has 25 heavy (non-hydrogen) atoms. The monoisotopic (exact) mass is 342 g/mol. The van der Waals surface area contributed by atoms with Crippen LogP contribution < -0.4 is 10.2 Å². The summed E-state index contributed by atoms with van der Waals surface area (Å²) >= 11 is 0. The van der Waals surface area contributed by atoms with Crippen molar-refractivity contribution in [2.24, 2.45) is 0 Å². The zero-order chi connectivity index (χ0) is 18.4. The number of anilines is 2. The number of aromatic nitrogens is 2. The molecule has 0 radical (unpaired) electrons. The van der Waals surface area contributed by atoms with Crippen molar-refractivity contribution in [1.82, 2.24) is 9.97 Å². The first kappa shape index (κ1) is 18.4. The molecule has 1 heterocycles. The van der Waals surface area contributed by atoms with Gasteiger partial charge in [0.15, 0.2) is 0 Å². The number of nitrogens with zero attached hydrogens (tertiary/aromatic N) is 3. The molecule has 1 aromatic carbocycles. The van der Waals surface area contributed by atoms with E-state index in [1.165, 1.54) is 7.11 Å². The summed E-state index contributed by atoms with van der Waals surface area (Å²) in [5.74, 6) is 0.511. The van der Waals surface area contributed by atoms with Crippen LogP contribution in [-0.2, 0) is 4.74 Å². The van der Waals surface area contributed by atoms with Gasteiger partial charge in [-0.25, -0.2) is 14.8 Å². The summed E-state index contributed by atoms with van der Waals surface area (Å²) in [4.78, 5) is 34.6. The largest absolute Gasteiger partial charge is 0.465 e. The van der Waals surface area contributed by atoms with Gasteiger partial charge in [-0.05, 0) is 45.0 Å². The van der Waals surface area contributed by atoms with Gasteiger partial charge in [-0.2, -0.15) is 0 Å². The van der Waals surface area contributed by atoms with Crippen LogP contribution in [-0.4, -0.2) is 42.0 Å². The molecule has 2 rings (SSSR count). The Morgan fingerprint density at radius 1 is 1.12 bits per heavy atom. The van der Waals surface area contributed by atoms with Gasteiger partial charge in [0.1, 0.15) is 17.3 Å². The summed E-state index contributed by atoms with van der Waals surface area (Å²) in [5.41, 5.74) is 1.28. The average molecular weight is 342 g/mol. The van der Waals surface area contributed by atoms with Crippen LogP contribution in [0.15, 0.2) is 30.3 Å². The zero-order valence-electron chi connectivity index (χ0n) is 14.9. The molecular weight excluding hydrogens is 320 g/mol. The molecular formula is C18H22N4O3. The second-order valence-electron chi connectivity index (χ2n) is 5.35. The smallest absolute Gasteiger partial charge is 0.337 e. The van der Waals surface area contributed by atoms with Gasteiger partial charge in [-0.1, -0.05) is 0 Å². The Hall–Kier alpha value is -2.96. The summed E-state index contributed by atoms with van der Waals surface area (Å²) < 4.78 is 4.65. The maximum absolute atomic E-state index is 12.5. The average Bonchev–Trinajstić information content (AvgIpc) is 2.62. The minimum atomic E-state index is -0.423. The summed E-state index contributed by atoms with van der Waals surface area (Å²) in [6.45, 7) is 7.41. The number of aryl methyl sites for hydroxylation is 1. The minimum Gasteiger partial charge on any atom is -0.465 e. The Morgan fingerprint density at radius 3 is 2.32 bits per heavy atom. The van der Waals surface area contributed by atoms with E-state index >= 15 is 0 Å². The number of carbonyl (C=O) groups excluding carboxylic acids is 2. The topological polar surface area (TPSA) is 84.4 Å². The Bertz CT molecular complexity index is 755. The fourth-order valence-electron chi connectivity index (χ4n) is 2.38. The van der Waals surface area contributed by atoms with Crippen molar-refractivity contribution in [2.45, 2.75) is 20.8 Å². The minimum absolute atomic E-state index is 0.298. The molecule has 0 spiro atoms. The molecule has 0 bridgehead atoms. The lowest BCUT2D eigenvalue weighted by atomic mass is 10.2. The first-order valence-corrected chi connectivity index (χ1v) is 8.08. The lowest BCUT2D eigenvalue weighted by molar-refractivity contribution is 0.0600. The van der Waals surface area contributed by atoms with Crippen LogP contribution in [0, 0.1) is 6.92 Å². The number of amides is 1. The van der Waals surface area contributed by atoms with E-state index in [0.29, 0.717) is 22.8 Å². The fourth-order valence-corrected chi connectivity index (χ4v) is 2.38. The predicted molar refractivity (Wildman–Crippen MR) is 96.1 cm³/mol. The molecule has 0 fully saturated rings. The number of ether oxygens (including phenoxy) is 1. The molecule has 0 unspecified atom stereocenters. The van der Waals surface area contributed by atoms with Crippen LogP contribution in [0.2, 0.25) is 0 Å². The summed E-state index contributed by atoms with van der Waals surface area (Å²) in [7, 11) is 1.32. The normalized spacial score (nSPS) is 10.2. The molecule has 1 amide bonds. The number of benzene rings is 1. The van der Waals surface area contributed by atoms with Crippen LogP contribution in [0.1, 0.15) is 40.5 Å². The van der Waals surface area contributed by atoms with Crippen molar-refractivity contribution >= 4 is 23.4 Å². The van der Waals surface area contributed by atoms with E-state index in [4.69, 9.17) is 0 Å². The molecule has 0 atom stereocenters. The van der Waals surface area contributed by atoms with Crippen molar-refractivity contribution in [2.75, 3.05) is 30.4 Å². The van der Waals surface area contributed by atoms with Crippen LogP contribution in [0.4, 0.5) is 11.5 Å². The Kier molecular flexibility index (Phi) is 6.05. The molecule has 1 N–H and O–H groups in total. The number of nitrogens with one attached hydrogen (secondary N) is 1. The third-order valence-electron chi connectivity index (χ3n) is 3.71. The number of esters is 1. The van der Waals surface area contributed by atoms with Gasteiger partial charge in [-0.15, -0.1) is 0 Å². The number of methoxy groups -OCH3 is 1. The molecule has 0 saturated heterocycles. The van der Waals surface area contributed by atoms with E-state index in [9.17, 15) is 9.59 Å². The highest BCUT2D eigenvalue weighted by molar-refractivity contribution is 6.03. The summed E-state index contributed by atoms with van der Waals surface area (Å²) in [5, 5.41) is 2.77. The van der Waals surface area contributed by atoms with Crippen LogP contribution >= 0.6 is 0 Å². The number of rotatable bonds is 6. The van der Waals surface area contributed by atoms with Gasteiger partial charge in [0.25, 0.3) is 5.91 Å². The zero-order valence-corrected chi connectivity index (χ0v) is 14.9. The van der Waals surface area contributed by atoms with Gasteiger partial charge in [0.2, 0.25) is 0 Å². The van der Waals surface area contributed by atoms with Crippen molar-refractivity contribution < 1.29 is 14.3 Å². The number of carbonyl (C=O) groups is 2. The maximum Gasteiger partial charge on any atom is 0.337 e. The van der Waals surface area contributed by atoms with E-state index in [1.807, 2.05) is 13.8 Å². The van der Waals surface area contributed by atoms with E-state index in [0.717, 1.165) is 18.9 Å². The van der Waals surface area contributed by atoms with Crippen LogP contribution in [0.3, 0.4) is 0 Å². The third kappa shape index (κ3) is 4.53. The molecule has 7 nitrogen and oxygen atoms in total. The van der Waals surface area contributed by atoms with Crippen LogP contribution in [0.25, 0.3) is 0 Å². The first-order valence-electron chi connectivity index (χ1n) is 8.08. The van der Waals surface area contributed by atoms with E-state index in [-0.39, 0.29) is 5.91 Å². The standard InChI is InChI=1S/C18H22N4O3/c1-5-22(6-2)16-11-15(19-12(3)20-16)17(23)21-14-9-7-13(8-10-14)18(24)25-4/h7-11H,5-6H2,1-4H3,(H,21,23). The lowest BCUT2D eigenvalue weighted by Crippen LogP contribution is -2.24. The number of hydrogen-bond donors (Lipinski definition) is 1. The summed E-state index contributed by atoms with van der Waals surface area (Å²) in [6, 6.07) is 8.15. The first-order chi connectivity index (χ1) is 12.0. The second kappa shape index (κ2) is 8.23. The van der Waals surface area contributed by atoms with Crippen molar-refractivity contribution in [3.8, 4) is 0 Å². The SMILES string of the molecule is CCN(CC)c1cc(C(=O)Nc2ccc(C(=O)OC)cc2)nc(C)n1. The Balaban J connectivity index is 2.19. The lowest BCUT2D eigenvalue weighted by Gasteiger charge is -2.20. The van der Waals surface area contributed by atoms with Crippen molar-refractivity contribution in [3.05, 3.63) is 47.4 Å². The van der Waals surface area contributed by atoms with Crippen LogP contribution in [0.5, 0.6) is 0 Å². The molecule has 2 aromatic rings. The highest BCUT2D eigenvalue weighted by Crippen LogP contribution is 2.15. The van der Waals surface area contributed by atoms with E-state index in [2.05, 4.69) is 24.9 Å². The predicted octanol–water partition coefficient (Wildman–Crippen LogP) is 2.67. The van der Waals surface area contributed by atoms with Gasteiger partial charge in [0, 0.05) is 24.8 Å². The van der Waals surface area contributed by atoms with E-state index in [1.54, 1.807) is 37.3 Å². The van der Waals surface area contributed by atoms with Gasteiger partial charge >= 0.3 is 5.97 Å². The van der Waals surface area contributed by atoms with Gasteiger partial charge in [-0.3, -0.25) is 4.79 Å². The molecule has 0 aliphatic carbocycles. The second-order valence-corrected chi connectivity index (χ2v) is 5.35. The Morgan fingerprint density at radius 2 is 1.76 bits per heavy atom. The molecule has 0 aliphatic rings. The maximum atomic E-state index is 12.5. The van der Waals surface area contributed by atoms with Gasteiger partial charge in [0.05, 0.1) is 12.7 Å². The highest BCUT2D eigenvalue weighted by Gasteiger charge is 2.14. The third-order valence-corrected chi connectivity index (χ3v) is 3.71. The number of hydrogen-bond acceptors (Lipinski definition) is 6. The summed E-state index contributed by atoms with van der Waals surface area (Å²) in [6.07, 6.45) is 0. The molecule has 1 aromatic heterocycles. The Labute approximate surface area is 147 Å². The molecule has 132 valence electrons. The molecule has 0 saturated carbocycles.